The van der Waals surface area contributed by atoms with Gasteiger partial charge in [-0.15, -0.1) is 0 Å². The fraction of sp³-hybridized carbons (Fsp3) is 0.176. The summed E-state index contributed by atoms with van der Waals surface area (Å²) in [5, 5.41) is 19.4. The third-order valence-corrected chi connectivity index (χ3v) is 3.69. The van der Waals surface area contributed by atoms with Crippen LogP contribution in [0, 0.1) is 17.0 Å². The van der Waals surface area contributed by atoms with Crippen LogP contribution in [0.15, 0.2) is 36.5 Å². The number of pyridine rings is 1. The summed E-state index contributed by atoms with van der Waals surface area (Å²) >= 11 is 0. The molecule has 0 radical (unpaired) electrons. The quantitative estimate of drug-likeness (QED) is 0.465. The summed E-state index contributed by atoms with van der Waals surface area (Å²) in [4.78, 5) is 35.3. The molecule has 2 aromatic heterocycles. The molecule has 3 N–H and O–H groups in total. The van der Waals surface area contributed by atoms with Crippen molar-refractivity contribution in [1.29, 1.82) is 0 Å². The number of anilines is 3. The molecule has 27 heavy (non-hydrogen) atoms. The number of benzene rings is 1. The summed E-state index contributed by atoms with van der Waals surface area (Å²) < 4.78 is 0. The van der Waals surface area contributed by atoms with Crippen LogP contribution in [0.25, 0.3) is 11.2 Å². The van der Waals surface area contributed by atoms with Crippen molar-refractivity contribution in [2.75, 3.05) is 17.2 Å². The number of amides is 2. The number of aromatic nitrogens is 3. The van der Waals surface area contributed by atoms with E-state index in [0.717, 1.165) is 0 Å². The Kier molecular flexibility index (Phi) is 5.06. The summed E-state index contributed by atoms with van der Waals surface area (Å²) in [5.41, 5.74) is 1.81. The number of urea groups is 1. The van der Waals surface area contributed by atoms with Crippen LogP contribution in [0.4, 0.5) is 27.8 Å². The zero-order chi connectivity index (χ0) is 19.4. The first-order valence-corrected chi connectivity index (χ1v) is 8.17. The second-order valence-electron chi connectivity index (χ2n) is 5.63. The number of nitro benzene ring substituents is 1. The monoisotopic (exact) mass is 367 g/mol. The van der Waals surface area contributed by atoms with Gasteiger partial charge in [-0.05, 0) is 31.5 Å². The minimum absolute atomic E-state index is 0.0588. The Morgan fingerprint density at radius 2 is 1.96 bits per heavy atom. The number of fused-ring (bicyclic) bond motifs is 1. The SMILES string of the molecule is CCNC(=O)Nc1ccc2ncc(Nc3c(C)cccc3[N+](=O)[O-])nc2n1. The number of nitrogens with zero attached hydrogens (tertiary/aromatic N) is 4. The fourth-order valence-corrected chi connectivity index (χ4v) is 2.44. The molecule has 0 spiro atoms. The maximum Gasteiger partial charge on any atom is 0.320 e. The van der Waals surface area contributed by atoms with E-state index in [-0.39, 0.29) is 11.7 Å². The molecule has 0 aliphatic carbocycles. The number of nitro groups is 1. The number of hydrogen-bond donors (Lipinski definition) is 3. The molecule has 0 bridgehead atoms. The molecular formula is C17H17N7O3. The number of aryl methyl sites for hydroxylation is 1. The van der Waals surface area contributed by atoms with E-state index in [9.17, 15) is 14.9 Å². The average molecular weight is 367 g/mol. The number of para-hydroxylation sites is 1. The van der Waals surface area contributed by atoms with Gasteiger partial charge in [0.15, 0.2) is 11.5 Å². The van der Waals surface area contributed by atoms with Gasteiger partial charge in [-0.1, -0.05) is 12.1 Å². The Hall–Kier alpha value is -3.82. The molecule has 0 saturated heterocycles. The maximum absolute atomic E-state index is 11.6. The zero-order valence-corrected chi connectivity index (χ0v) is 14.7. The van der Waals surface area contributed by atoms with Crippen LogP contribution < -0.4 is 16.0 Å². The minimum atomic E-state index is -0.462. The molecule has 3 aromatic rings. The number of nitrogens with one attached hydrogen (secondary N) is 3. The molecule has 2 amide bonds. The number of carbonyl (C=O) groups excluding carboxylic acids is 1. The second kappa shape index (κ2) is 7.60. The highest BCUT2D eigenvalue weighted by atomic mass is 16.6. The molecule has 0 unspecified atom stereocenters. The number of rotatable bonds is 5. The van der Waals surface area contributed by atoms with Crippen molar-refractivity contribution in [3.63, 3.8) is 0 Å². The van der Waals surface area contributed by atoms with Gasteiger partial charge < -0.3 is 10.6 Å². The highest BCUT2D eigenvalue weighted by Gasteiger charge is 2.16. The van der Waals surface area contributed by atoms with E-state index < -0.39 is 4.92 Å². The normalized spacial score (nSPS) is 10.4. The molecule has 138 valence electrons. The van der Waals surface area contributed by atoms with Crippen molar-refractivity contribution in [1.82, 2.24) is 20.3 Å². The Bertz CT molecular complexity index is 1020. The van der Waals surface area contributed by atoms with Gasteiger partial charge in [-0.25, -0.2) is 19.7 Å². The first kappa shape index (κ1) is 18.0. The third-order valence-electron chi connectivity index (χ3n) is 3.69. The molecule has 3 rings (SSSR count). The van der Waals surface area contributed by atoms with Crippen LogP contribution in [-0.2, 0) is 0 Å². The molecule has 1 aromatic carbocycles. The highest BCUT2D eigenvalue weighted by Crippen LogP contribution is 2.30. The van der Waals surface area contributed by atoms with Crippen LogP contribution in [0.1, 0.15) is 12.5 Å². The standard InChI is InChI=1S/C17H17N7O3/c1-3-18-17(25)23-13-8-7-11-16(21-13)22-14(9-19-11)20-15-10(2)5-4-6-12(15)24(26)27/h4-9H,3H2,1-2H3,(H3,18,20,21,22,23,25). The van der Waals surface area contributed by atoms with Crippen molar-refractivity contribution in [3.8, 4) is 0 Å². The molecule has 0 aliphatic heterocycles. The summed E-state index contributed by atoms with van der Waals surface area (Å²) in [6, 6.07) is 7.71. The molecule has 10 heteroatoms. The van der Waals surface area contributed by atoms with Gasteiger partial charge in [0.05, 0.1) is 11.1 Å². The second-order valence-corrected chi connectivity index (χ2v) is 5.63. The molecule has 0 atom stereocenters. The highest BCUT2D eigenvalue weighted by molar-refractivity contribution is 5.89. The predicted molar refractivity (Wildman–Crippen MR) is 101 cm³/mol. The van der Waals surface area contributed by atoms with E-state index in [1.54, 1.807) is 31.2 Å². The van der Waals surface area contributed by atoms with Gasteiger partial charge in [-0.2, -0.15) is 0 Å². The molecule has 0 saturated carbocycles. The number of hydrogen-bond acceptors (Lipinski definition) is 7. The molecule has 10 nitrogen and oxygen atoms in total. The van der Waals surface area contributed by atoms with Crippen LogP contribution in [0.5, 0.6) is 0 Å². The van der Waals surface area contributed by atoms with Gasteiger partial charge in [-0.3, -0.25) is 15.4 Å². The maximum atomic E-state index is 11.6. The van der Waals surface area contributed by atoms with Crippen molar-refractivity contribution in [2.45, 2.75) is 13.8 Å². The van der Waals surface area contributed by atoms with Crippen molar-refractivity contribution in [2.24, 2.45) is 0 Å². The van der Waals surface area contributed by atoms with Gasteiger partial charge in [0.25, 0.3) is 5.69 Å². The van der Waals surface area contributed by atoms with Gasteiger partial charge in [0.1, 0.15) is 17.0 Å². The lowest BCUT2D eigenvalue weighted by Gasteiger charge is -2.10. The fourth-order valence-electron chi connectivity index (χ4n) is 2.44. The van der Waals surface area contributed by atoms with E-state index in [1.165, 1.54) is 12.3 Å². The van der Waals surface area contributed by atoms with E-state index in [2.05, 4.69) is 30.9 Å². The van der Waals surface area contributed by atoms with E-state index in [0.29, 0.717) is 40.6 Å². The topological polar surface area (TPSA) is 135 Å². The average Bonchev–Trinajstić information content (AvgIpc) is 2.63. The summed E-state index contributed by atoms with van der Waals surface area (Å²) in [6.45, 7) is 4.06. The number of carbonyl (C=O) groups is 1. The molecule has 0 fully saturated rings. The Labute approximate surface area is 154 Å². The third kappa shape index (κ3) is 4.06. The molecule has 2 heterocycles. The first-order valence-electron chi connectivity index (χ1n) is 8.17. The summed E-state index contributed by atoms with van der Waals surface area (Å²) in [6.07, 6.45) is 1.47. The van der Waals surface area contributed by atoms with Crippen LogP contribution in [0.3, 0.4) is 0 Å². The lowest BCUT2D eigenvalue weighted by atomic mass is 10.1. The smallest absolute Gasteiger partial charge is 0.320 e. The van der Waals surface area contributed by atoms with Gasteiger partial charge >= 0.3 is 6.03 Å². The summed E-state index contributed by atoms with van der Waals surface area (Å²) in [5.74, 6) is 0.629. The van der Waals surface area contributed by atoms with Crippen molar-refractivity contribution in [3.05, 3.63) is 52.2 Å². The van der Waals surface area contributed by atoms with E-state index >= 15 is 0 Å². The predicted octanol–water partition coefficient (Wildman–Crippen LogP) is 3.13. The van der Waals surface area contributed by atoms with Crippen LogP contribution in [-0.4, -0.2) is 32.5 Å². The van der Waals surface area contributed by atoms with Crippen LogP contribution in [0.2, 0.25) is 0 Å². The Morgan fingerprint density at radius 1 is 1.19 bits per heavy atom. The lowest BCUT2D eigenvalue weighted by molar-refractivity contribution is -0.384. The summed E-state index contributed by atoms with van der Waals surface area (Å²) in [7, 11) is 0. The van der Waals surface area contributed by atoms with E-state index in [4.69, 9.17) is 0 Å². The van der Waals surface area contributed by atoms with Crippen molar-refractivity contribution < 1.29 is 9.72 Å². The lowest BCUT2D eigenvalue weighted by Crippen LogP contribution is -2.28. The first-order chi connectivity index (χ1) is 13.0. The van der Waals surface area contributed by atoms with Crippen molar-refractivity contribution >= 4 is 40.2 Å². The van der Waals surface area contributed by atoms with Gasteiger partial charge in [0.2, 0.25) is 0 Å². The molecule has 0 aliphatic rings. The van der Waals surface area contributed by atoms with Gasteiger partial charge in [0, 0.05) is 12.6 Å². The Morgan fingerprint density at radius 3 is 2.70 bits per heavy atom. The molecular weight excluding hydrogens is 350 g/mol. The minimum Gasteiger partial charge on any atom is -0.338 e. The zero-order valence-electron chi connectivity index (χ0n) is 14.7. The van der Waals surface area contributed by atoms with Crippen LogP contribution >= 0.6 is 0 Å². The Balaban J connectivity index is 1.92. The largest absolute Gasteiger partial charge is 0.338 e. The van der Waals surface area contributed by atoms with E-state index in [1.807, 2.05) is 6.92 Å².